The number of hydrogen-bond acceptors (Lipinski definition) is 2. The summed E-state index contributed by atoms with van der Waals surface area (Å²) in [4.78, 5) is 9.76. The van der Waals surface area contributed by atoms with Crippen molar-refractivity contribution in [3.8, 4) is 0 Å². The molecule has 0 aliphatic heterocycles. The first-order chi connectivity index (χ1) is 4.31. The Bertz CT molecular complexity index is 71.6. The third-order valence-corrected chi connectivity index (χ3v) is 0.376. The Morgan fingerprint density at radius 1 is 1.89 bits per heavy atom. The maximum absolute atomic E-state index is 11.0. The van der Waals surface area contributed by atoms with Gasteiger partial charge in [0.1, 0.15) is 0 Å². The zero-order chi connectivity index (χ0) is 7.70. The van der Waals surface area contributed by atoms with Crippen molar-refractivity contribution in [2.45, 2.75) is 6.92 Å². The predicted molar refractivity (Wildman–Crippen MR) is 31.0 cm³/mol. The zero-order valence-electron chi connectivity index (χ0n) is 5.06. The van der Waals surface area contributed by atoms with Crippen LogP contribution in [0.1, 0.15) is 6.92 Å². The van der Waals surface area contributed by atoms with E-state index >= 15 is 0 Å². The topological polar surface area (TPSA) is 26.3 Å². The molecule has 0 aromatic rings. The number of carbonyl (C=O) groups excluding carboxylic acids is 1. The molecule has 0 atom stereocenters. The summed E-state index contributed by atoms with van der Waals surface area (Å²) in [6.07, 6.45) is 0. The molecule has 2 nitrogen and oxygen atoms in total. The first-order valence-electron chi connectivity index (χ1n) is 2.18. The summed E-state index contributed by atoms with van der Waals surface area (Å²) in [5.41, 5.74) is 0. The van der Waals surface area contributed by atoms with Gasteiger partial charge in [0, 0.05) is 0 Å². The molecule has 0 saturated carbocycles. The Morgan fingerprint density at radius 3 is 2.44 bits per heavy atom. The molecule has 0 fully saturated rings. The van der Waals surface area contributed by atoms with Gasteiger partial charge in [-0.2, -0.15) is 0 Å². The van der Waals surface area contributed by atoms with Crippen molar-refractivity contribution in [1.82, 2.24) is 0 Å². The van der Waals surface area contributed by atoms with Crippen molar-refractivity contribution in [2.24, 2.45) is 0 Å². The third-order valence-electron chi connectivity index (χ3n) is 0.376. The van der Waals surface area contributed by atoms with Crippen LogP contribution >= 0.6 is 13.6 Å². The van der Waals surface area contributed by atoms with Crippen molar-refractivity contribution in [1.29, 1.82) is 0 Å². The normalized spacial score (nSPS) is 6.78. The van der Waals surface area contributed by atoms with Crippen LogP contribution in [-0.2, 0) is 25.9 Å². The van der Waals surface area contributed by atoms with Gasteiger partial charge in [0.05, 0.1) is 6.61 Å². The molecule has 50 valence electrons. The molecule has 9 heavy (non-hydrogen) atoms. The first-order valence-corrected chi connectivity index (χ1v) is 9.13. The van der Waals surface area contributed by atoms with E-state index in [1.54, 1.807) is 6.92 Å². The second-order valence-corrected chi connectivity index (χ2v) is 0.861. The molecular weight excluding hydrogens is 244 g/mol. The number of halogens is 2. The van der Waals surface area contributed by atoms with Gasteiger partial charge in [0.25, 0.3) is 0 Å². The van der Waals surface area contributed by atoms with Crippen LogP contribution in [0, 0.1) is 6.67 Å². The van der Waals surface area contributed by atoms with E-state index in [-0.39, 0.29) is 13.3 Å². The number of ether oxygens (including phenoxy) is 1. The fourth-order valence-corrected chi connectivity index (χ4v) is 0.174. The summed E-state index contributed by atoms with van der Waals surface area (Å²) in [5, 5.41) is 0. The van der Waals surface area contributed by atoms with Gasteiger partial charge < -0.3 is 9.13 Å². The summed E-state index contributed by atoms with van der Waals surface area (Å²) < 4.78 is 15.1. The minimum atomic E-state index is -0.914. The quantitative estimate of drug-likeness (QED) is 0.422. The van der Waals surface area contributed by atoms with Crippen LogP contribution in [0.4, 0.5) is 4.39 Å². The van der Waals surface area contributed by atoms with Crippen LogP contribution in [0.15, 0.2) is 0 Å². The van der Waals surface area contributed by atoms with Crippen molar-refractivity contribution < 1.29 is 30.3 Å². The fraction of sp³-hybridized carbons (Fsp3) is 0.500. The average molecular weight is 250 g/mol. The molecular formula is C4H6BrFO2Zn. The Labute approximate surface area is 70.2 Å². The Morgan fingerprint density at radius 2 is 2.33 bits per heavy atom. The molecule has 0 heterocycles. The van der Waals surface area contributed by atoms with Gasteiger partial charge in [-0.05, 0) is 6.92 Å². The van der Waals surface area contributed by atoms with Crippen LogP contribution in [0.3, 0.4) is 0 Å². The zero-order valence-corrected chi connectivity index (χ0v) is 9.62. The summed E-state index contributed by atoms with van der Waals surface area (Å²) in [5.74, 6) is -0.914. The van der Waals surface area contributed by atoms with Crippen LogP contribution in [0.5, 0.6) is 0 Å². The summed E-state index contributed by atoms with van der Waals surface area (Å²) in [7, 11) is 0. The van der Waals surface area contributed by atoms with Crippen molar-refractivity contribution in [3.05, 3.63) is 6.67 Å². The molecule has 0 spiro atoms. The molecule has 0 unspecified atom stereocenters. The third kappa shape index (κ3) is 11.8. The molecule has 0 aromatic carbocycles. The molecule has 0 rings (SSSR count). The van der Waals surface area contributed by atoms with E-state index < -0.39 is 5.97 Å². The molecule has 0 aromatic heterocycles. The molecule has 5 heteroatoms. The van der Waals surface area contributed by atoms with E-state index in [9.17, 15) is 9.18 Å². The van der Waals surface area contributed by atoms with Crippen LogP contribution in [0.2, 0.25) is 0 Å². The SMILES string of the molecule is CCOC(=O)[CH-]F.[Zn+][Br]. The number of rotatable bonds is 2. The Balaban J connectivity index is 0. The minimum absolute atomic E-state index is 0.108. The van der Waals surface area contributed by atoms with Gasteiger partial charge >= 0.3 is 30.0 Å². The van der Waals surface area contributed by atoms with E-state index in [0.717, 1.165) is 0 Å². The second kappa shape index (κ2) is 11.2. The molecule has 0 N–H and O–H groups in total. The van der Waals surface area contributed by atoms with Crippen LogP contribution in [-0.4, -0.2) is 12.6 Å². The van der Waals surface area contributed by atoms with Crippen LogP contribution in [0.25, 0.3) is 0 Å². The Hall–Kier alpha value is 0.373. The van der Waals surface area contributed by atoms with E-state index in [4.69, 9.17) is 0 Å². The predicted octanol–water partition coefficient (Wildman–Crippen LogP) is 1.52. The van der Waals surface area contributed by atoms with Gasteiger partial charge in [0.15, 0.2) is 5.97 Å². The van der Waals surface area contributed by atoms with Gasteiger partial charge in [-0.3, -0.25) is 4.79 Å². The molecule has 0 amide bonds. The second-order valence-electron chi connectivity index (χ2n) is 0.861. The van der Waals surface area contributed by atoms with Gasteiger partial charge in [-0.25, -0.2) is 0 Å². The first kappa shape index (κ1) is 12.1. The summed E-state index contributed by atoms with van der Waals surface area (Å²) in [6.45, 7) is 1.73. The van der Waals surface area contributed by atoms with Crippen molar-refractivity contribution in [3.63, 3.8) is 0 Å². The molecule has 0 bridgehead atoms. The van der Waals surface area contributed by atoms with Crippen molar-refractivity contribution in [2.75, 3.05) is 6.61 Å². The van der Waals surface area contributed by atoms with Crippen LogP contribution < -0.4 is 0 Å². The molecule has 0 aliphatic rings. The number of hydrogen-bond donors (Lipinski definition) is 0. The van der Waals surface area contributed by atoms with E-state index in [0.29, 0.717) is 0 Å². The number of esters is 1. The molecule has 0 aliphatic carbocycles. The monoisotopic (exact) mass is 248 g/mol. The summed E-state index contributed by atoms with van der Waals surface area (Å²) in [6, 6.07) is 0. The van der Waals surface area contributed by atoms with E-state index in [1.807, 2.05) is 0 Å². The van der Waals surface area contributed by atoms with Gasteiger partial charge in [-0.15, -0.1) is 6.67 Å². The molecule has 0 saturated heterocycles. The van der Waals surface area contributed by atoms with E-state index in [1.165, 1.54) is 16.3 Å². The maximum atomic E-state index is 11.0. The van der Waals surface area contributed by atoms with Crippen molar-refractivity contribution >= 4 is 19.6 Å². The average Bonchev–Trinajstić information content (AvgIpc) is 1.93. The fourth-order valence-electron chi connectivity index (χ4n) is 0.174. The molecule has 0 radical (unpaired) electrons. The Kier molecular flexibility index (Phi) is 15.1. The van der Waals surface area contributed by atoms with Gasteiger partial charge in [-0.1, -0.05) is 0 Å². The summed E-state index contributed by atoms with van der Waals surface area (Å²) >= 11 is 4.25. The van der Waals surface area contributed by atoms with Gasteiger partial charge in [0.2, 0.25) is 0 Å². The standard InChI is InChI=1S/C4H6FO2.BrH.Zn/c1-2-7-4(6)3-5;;/h3H,2H2,1H3;1H;/q-1;;+2/p-1. The van der Waals surface area contributed by atoms with E-state index in [2.05, 4.69) is 18.4 Å². The number of carbonyl (C=O) groups is 1.